The number of hydrogen-bond donors (Lipinski definition) is 1. The highest BCUT2D eigenvalue weighted by molar-refractivity contribution is 5.85. The Morgan fingerprint density at radius 3 is 2.89 bits per heavy atom. The van der Waals surface area contributed by atoms with Crippen LogP contribution in [-0.4, -0.2) is 23.3 Å². The van der Waals surface area contributed by atoms with Crippen molar-refractivity contribution in [2.45, 2.75) is 12.5 Å². The van der Waals surface area contributed by atoms with E-state index in [0.717, 1.165) is 18.6 Å². The van der Waals surface area contributed by atoms with Crippen molar-refractivity contribution in [2.75, 3.05) is 13.2 Å². The Labute approximate surface area is 118 Å². The maximum atomic E-state index is 5.76. The minimum absolute atomic E-state index is 0. The van der Waals surface area contributed by atoms with Gasteiger partial charge in [0.05, 0.1) is 25.1 Å². The van der Waals surface area contributed by atoms with E-state index < -0.39 is 0 Å². The van der Waals surface area contributed by atoms with Gasteiger partial charge in [-0.15, -0.1) is 12.4 Å². The van der Waals surface area contributed by atoms with E-state index in [1.165, 1.54) is 16.7 Å². The van der Waals surface area contributed by atoms with Crippen LogP contribution >= 0.6 is 12.4 Å². The molecule has 19 heavy (non-hydrogen) atoms. The van der Waals surface area contributed by atoms with Crippen LogP contribution in [-0.2, 0) is 11.2 Å². The van der Waals surface area contributed by atoms with E-state index in [0.29, 0.717) is 6.54 Å². The van der Waals surface area contributed by atoms with Gasteiger partial charge in [-0.05, 0) is 29.2 Å². The molecule has 0 fully saturated rings. The van der Waals surface area contributed by atoms with Crippen molar-refractivity contribution in [2.24, 2.45) is 5.73 Å². The molecule has 1 atom stereocenters. The van der Waals surface area contributed by atoms with Gasteiger partial charge in [0.25, 0.3) is 0 Å². The fourth-order valence-electron chi connectivity index (χ4n) is 2.49. The topological polar surface area (TPSA) is 61.0 Å². The van der Waals surface area contributed by atoms with Crippen molar-refractivity contribution in [3.8, 4) is 11.1 Å². The Morgan fingerprint density at radius 2 is 2.16 bits per heavy atom. The first kappa shape index (κ1) is 13.9. The third-order valence-corrected chi connectivity index (χ3v) is 3.34. The quantitative estimate of drug-likeness (QED) is 0.914. The van der Waals surface area contributed by atoms with E-state index >= 15 is 0 Å². The molecule has 4 nitrogen and oxygen atoms in total. The van der Waals surface area contributed by atoms with E-state index in [1.807, 2.05) is 12.1 Å². The maximum absolute atomic E-state index is 5.76. The zero-order valence-electron chi connectivity index (χ0n) is 10.5. The monoisotopic (exact) mass is 277 g/mol. The summed E-state index contributed by atoms with van der Waals surface area (Å²) in [5.41, 5.74) is 10.6. The molecule has 0 saturated heterocycles. The summed E-state index contributed by atoms with van der Waals surface area (Å²) in [5, 5.41) is 7.76. The third-order valence-electron chi connectivity index (χ3n) is 3.34. The number of benzene rings is 1. The molecule has 0 aliphatic carbocycles. The molecule has 1 aliphatic rings. The summed E-state index contributed by atoms with van der Waals surface area (Å²) in [5.74, 6) is 0. The third kappa shape index (κ3) is 2.61. The highest BCUT2D eigenvalue weighted by atomic mass is 35.5. The van der Waals surface area contributed by atoms with Gasteiger partial charge in [-0.25, -0.2) is 0 Å². The fraction of sp³-hybridized carbons (Fsp3) is 0.286. The lowest BCUT2D eigenvalue weighted by Gasteiger charge is -2.26. The van der Waals surface area contributed by atoms with Crippen molar-refractivity contribution in [1.82, 2.24) is 10.2 Å². The van der Waals surface area contributed by atoms with Crippen molar-refractivity contribution in [3.05, 3.63) is 47.8 Å². The van der Waals surface area contributed by atoms with Crippen LogP contribution in [0, 0.1) is 0 Å². The molecule has 1 aromatic heterocycles. The lowest BCUT2D eigenvalue weighted by atomic mass is 9.90. The second kappa shape index (κ2) is 6.10. The molecule has 2 aromatic rings. The van der Waals surface area contributed by atoms with E-state index in [4.69, 9.17) is 10.5 Å². The van der Waals surface area contributed by atoms with E-state index in [9.17, 15) is 0 Å². The zero-order valence-corrected chi connectivity index (χ0v) is 11.3. The van der Waals surface area contributed by atoms with E-state index in [-0.39, 0.29) is 18.5 Å². The van der Waals surface area contributed by atoms with E-state index in [2.05, 4.69) is 22.3 Å². The number of ether oxygens (including phenoxy) is 1. The molecule has 1 aromatic carbocycles. The largest absolute Gasteiger partial charge is 0.372 e. The van der Waals surface area contributed by atoms with Crippen LogP contribution in [0.4, 0.5) is 0 Å². The molecule has 0 amide bonds. The lowest BCUT2D eigenvalue weighted by Crippen LogP contribution is -2.23. The molecule has 0 radical (unpaired) electrons. The first-order valence-corrected chi connectivity index (χ1v) is 6.10. The number of halogens is 1. The SMILES string of the molecule is Cl.NCC1OCCc2c(-c3ccnnc3)cccc21. The Morgan fingerprint density at radius 1 is 1.26 bits per heavy atom. The van der Waals surface area contributed by atoms with Crippen LogP contribution in [0.5, 0.6) is 0 Å². The summed E-state index contributed by atoms with van der Waals surface area (Å²) >= 11 is 0. The van der Waals surface area contributed by atoms with Crippen LogP contribution < -0.4 is 5.73 Å². The van der Waals surface area contributed by atoms with Gasteiger partial charge in [0.1, 0.15) is 0 Å². The fourth-order valence-corrected chi connectivity index (χ4v) is 2.49. The molecule has 3 rings (SSSR count). The van der Waals surface area contributed by atoms with Crippen molar-refractivity contribution in [1.29, 1.82) is 0 Å². The molecule has 1 aliphatic heterocycles. The molecule has 5 heteroatoms. The number of hydrogen-bond acceptors (Lipinski definition) is 4. The number of nitrogens with zero attached hydrogens (tertiary/aromatic N) is 2. The van der Waals surface area contributed by atoms with Crippen molar-refractivity contribution >= 4 is 12.4 Å². The Bertz CT molecular complexity index is 548. The molecular weight excluding hydrogens is 262 g/mol. The van der Waals surface area contributed by atoms with Gasteiger partial charge in [0, 0.05) is 12.1 Å². The van der Waals surface area contributed by atoms with E-state index in [1.54, 1.807) is 12.4 Å². The van der Waals surface area contributed by atoms with Gasteiger partial charge in [-0.1, -0.05) is 18.2 Å². The predicted octanol–water partition coefficient (Wildman–Crippen LogP) is 2.14. The summed E-state index contributed by atoms with van der Waals surface area (Å²) in [6, 6.07) is 8.25. The number of rotatable bonds is 2. The maximum Gasteiger partial charge on any atom is 0.0950 e. The summed E-state index contributed by atoms with van der Waals surface area (Å²) in [6.45, 7) is 1.25. The van der Waals surface area contributed by atoms with Crippen LogP contribution in [0.1, 0.15) is 17.2 Å². The highest BCUT2D eigenvalue weighted by Crippen LogP contribution is 2.33. The minimum Gasteiger partial charge on any atom is -0.372 e. The normalized spacial score (nSPS) is 17.4. The smallest absolute Gasteiger partial charge is 0.0950 e. The van der Waals surface area contributed by atoms with Gasteiger partial charge in [0.15, 0.2) is 0 Å². The van der Waals surface area contributed by atoms with Crippen LogP contribution in [0.25, 0.3) is 11.1 Å². The average Bonchev–Trinajstić information content (AvgIpc) is 2.47. The molecule has 0 spiro atoms. The van der Waals surface area contributed by atoms with Crippen LogP contribution in [0.3, 0.4) is 0 Å². The summed E-state index contributed by atoms with van der Waals surface area (Å²) in [4.78, 5) is 0. The number of fused-ring (bicyclic) bond motifs is 1. The molecule has 2 N–H and O–H groups in total. The molecule has 2 heterocycles. The predicted molar refractivity (Wildman–Crippen MR) is 76.2 cm³/mol. The average molecular weight is 278 g/mol. The molecule has 0 saturated carbocycles. The van der Waals surface area contributed by atoms with Gasteiger partial charge >= 0.3 is 0 Å². The lowest BCUT2D eigenvalue weighted by molar-refractivity contribution is 0.0486. The summed E-state index contributed by atoms with van der Waals surface area (Å²) in [7, 11) is 0. The number of nitrogens with two attached hydrogens (primary N) is 1. The van der Waals surface area contributed by atoms with Gasteiger partial charge in [-0.3, -0.25) is 0 Å². The first-order valence-electron chi connectivity index (χ1n) is 6.10. The van der Waals surface area contributed by atoms with Gasteiger partial charge < -0.3 is 10.5 Å². The van der Waals surface area contributed by atoms with Crippen molar-refractivity contribution in [3.63, 3.8) is 0 Å². The summed E-state index contributed by atoms with van der Waals surface area (Å²) in [6.07, 6.45) is 4.45. The standard InChI is InChI=1S/C14H15N3O.ClH/c15-8-14-13-3-1-2-11(12(13)5-7-18-14)10-4-6-16-17-9-10;/h1-4,6,9,14H,5,7-8,15H2;1H. The number of aromatic nitrogens is 2. The molecular formula is C14H16ClN3O. The van der Waals surface area contributed by atoms with Crippen LogP contribution in [0.2, 0.25) is 0 Å². The second-order valence-corrected chi connectivity index (χ2v) is 4.35. The minimum atomic E-state index is 0. The molecule has 1 unspecified atom stereocenters. The van der Waals surface area contributed by atoms with Crippen molar-refractivity contribution < 1.29 is 4.74 Å². The Balaban J connectivity index is 0.00000133. The van der Waals surface area contributed by atoms with Gasteiger partial charge in [-0.2, -0.15) is 10.2 Å². The van der Waals surface area contributed by atoms with Gasteiger partial charge in [0.2, 0.25) is 0 Å². The summed E-state index contributed by atoms with van der Waals surface area (Å²) < 4.78 is 5.69. The molecule has 0 bridgehead atoms. The first-order chi connectivity index (χ1) is 8.90. The van der Waals surface area contributed by atoms with Crippen LogP contribution in [0.15, 0.2) is 36.7 Å². The Hall–Kier alpha value is -1.49. The molecule has 100 valence electrons. The Kier molecular flexibility index (Phi) is 4.47. The highest BCUT2D eigenvalue weighted by Gasteiger charge is 2.21. The zero-order chi connectivity index (χ0) is 12.4. The second-order valence-electron chi connectivity index (χ2n) is 4.35.